The molecule has 5 heterocycles. The van der Waals surface area contributed by atoms with Crippen LogP contribution in [0.2, 0.25) is 0 Å². The Morgan fingerprint density at radius 1 is 0.339 bits per heavy atom. The van der Waals surface area contributed by atoms with E-state index in [1.54, 1.807) is 0 Å². The molecule has 0 saturated carbocycles. The van der Waals surface area contributed by atoms with Gasteiger partial charge in [0, 0.05) is 65.9 Å². The molecule has 0 amide bonds. The Hall–Kier alpha value is -6.28. The molecule has 7 aromatic rings. The summed E-state index contributed by atoms with van der Waals surface area (Å²) < 4.78 is 24.8. The lowest BCUT2D eigenvalue weighted by Crippen LogP contribution is -2.05. The molecular weight excluding hydrogens is 697 g/mol. The van der Waals surface area contributed by atoms with Crippen LogP contribution in [0, 0.1) is 0 Å². The number of nitrogens with one attached hydrogen (secondary N) is 2. The van der Waals surface area contributed by atoms with Crippen LogP contribution < -0.4 is 18.9 Å². The molecule has 282 valence electrons. The molecule has 8 bridgehead atoms. The number of H-pyrrole nitrogens is 2. The largest absolute Gasteiger partial charge is 0.491 e. The third-order valence-corrected chi connectivity index (χ3v) is 9.86. The van der Waals surface area contributed by atoms with E-state index in [0.29, 0.717) is 0 Å². The zero-order valence-electron chi connectivity index (χ0n) is 33.1. The van der Waals surface area contributed by atoms with Crippen molar-refractivity contribution in [3.63, 3.8) is 0 Å². The van der Waals surface area contributed by atoms with Gasteiger partial charge < -0.3 is 28.9 Å². The molecule has 0 unspecified atom stereocenters. The number of aromatic amines is 2. The first-order valence-electron chi connectivity index (χ1n) is 19.5. The number of ether oxygens (including phenoxy) is 4. The predicted octanol–water partition coefficient (Wildman–Crippen LogP) is 12.4. The van der Waals surface area contributed by atoms with Crippen LogP contribution in [0.25, 0.3) is 88.6 Å². The van der Waals surface area contributed by atoms with Gasteiger partial charge >= 0.3 is 0 Å². The summed E-state index contributed by atoms with van der Waals surface area (Å²) in [6.45, 7) is 16.3. The molecule has 0 radical (unpaired) electrons. The van der Waals surface area contributed by atoms with Crippen LogP contribution in [-0.4, -0.2) is 44.4 Å². The number of nitrogens with zero attached hydrogens (tertiary/aromatic N) is 2. The van der Waals surface area contributed by atoms with Crippen LogP contribution >= 0.6 is 0 Å². The van der Waals surface area contributed by atoms with Gasteiger partial charge in [0.1, 0.15) is 23.0 Å². The van der Waals surface area contributed by atoms with Crippen LogP contribution in [0.15, 0.2) is 97.1 Å². The molecule has 8 heteroatoms. The summed E-state index contributed by atoms with van der Waals surface area (Å²) in [5.41, 5.74) is 11.2. The van der Waals surface area contributed by atoms with E-state index in [0.717, 1.165) is 112 Å². The normalized spacial score (nSPS) is 12.2. The molecule has 8 nitrogen and oxygen atoms in total. The zero-order chi connectivity index (χ0) is 38.8. The molecule has 0 spiro atoms. The summed E-state index contributed by atoms with van der Waals surface area (Å²) in [5.74, 6) is 3.22. The minimum absolute atomic E-state index is 0.0359. The topological polar surface area (TPSA) is 94.3 Å². The molecule has 4 aromatic carbocycles. The lowest BCUT2D eigenvalue weighted by Gasteiger charge is -2.11. The van der Waals surface area contributed by atoms with Gasteiger partial charge in [-0.2, -0.15) is 0 Å². The van der Waals surface area contributed by atoms with Gasteiger partial charge in [0.2, 0.25) is 0 Å². The monoisotopic (exact) mass is 742 g/mol. The molecule has 0 saturated heterocycles. The fourth-order valence-corrected chi connectivity index (χ4v) is 7.76. The minimum Gasteiger partial charge on any atom is -0.491 e. The highest BCUT2D eigenvalue weighted by Crippen LogP contribution is 2.43. The fraction of sp³-hybridized carbons (Fsp3) is 0.250. The second-order valence-corrected chi connectivity index (χ2v) is 15.7. The van der Waals surface area contributed by atoms with E-state index in [1.165, 1.54) is 0 Å². The quantitative estimate of drug-likeness (QED) is 0.161. The van der Waals surface area contributed by atoms with Gasteiger partial charge in [-0.3, -0.25) is 0 Å². The number of fused-ring (bicyclic) bond motifs is 20. The standard InChI is InChI=1S/C48H46N4O4/c1-25(2)53-29-9-13-33-37(17-29)45-21-42-34-14-10-30(54-26(3)4)18-38(34)47(50-42)23-44-36-16-12-32(56-28(7)8)20-40(36)48(52-44)24-43-35-15-11-31(55-27(5)6)19-39(35)46(51-43)22-41(33)49-45/h9-28,49,52H,1-8H3. The number of hydrogen-bond acceptors (Lipinski definition) is 6. The average Bonchev–Trinajstić information content (AvgIpc) is 3.85. The molecule has 2 N–H and O–H groups in total. The first-order chi connectivity index (χ1) is 26.9. The van der Waals surface area contributed by atoms with Crippen molar-refractivity contribution in [2.24, 2.45) is 0 Å². The fourth-order valence-electron chi connectivity index (χ4n) is 7.76. The van der Waals surface area contributed by atoms with Crippen LogP contribution in [0.3, 0.4) is 0 Å². The lowest BCUT2D eigenvalue weighted by molar-refractivity contribution is 0.242. The van der Waals surface area contributed by atoms with E-state index in [9.17, 15) is 0 Å². The summed E-state index contributed by atoms with van der Waals surface area (Å²) in [6, 6.07) is 33.6. The summed E-state index contributed by atoms with van der Waals surface area (Å²) in [6.07, 6.45) is 0.148. The smallest absolute Gasteiger partial charge is 0.120 e. The molecule has 2 aliphatic rings. The van der Waals surface area contributed by atoms with Gasteiger partial charge in [-0.1, -0.05) is 0 Å². The average molecular weight is 743 g/mol. The maximum Gasteiger partial charge on any atom is 0.120 e. The number of aromatic nitrogens is 4. The van der Waals surface area contributed by atoms with Crippen molar-refractivity contribution in [2.45, 2.75) is 79.8 Å². The van der Waals surface area contributed by atoms with Crippen LogP contribution in [0.5, 0.6) is 23.0 Å². The predicted molar refractivity (Wildman–Crippen MR) is 228 cm³/mol. The van der Waals surface area contributed by atoms with Crippen molar-refractivity contribution >= 4 is 43.6 Å². The Kier molecular flexibility index (Phi) is 8.72. The summed E-state index contributed by atoms with van der Waals surface area (Å²) in [4.78, 5) is 18.2. The van der Waals surface area contributed by atoms with Gasteiger partial charge in [0.25, 0.3) is 0 Å². The third-order valence-electron chi connectivity index (χ3n) is 9.86. The van der Waals surface area contributed by atoms with Gasteiger partial charge in [0.05, 0.1) is 47.2 Å². The Balaban J connectivity index is 1.41. The highest BCUT2D eigenvalue weighted by Gasteiger charge is 2.22. The second-order valence-electron chi connectivity index (χ2n) is 15.7. The van der Waals surface area contributed by atoms with E-state index < -0.39 is 0 Å². The van der Waals surface area contributed by atoms with E-state index >= 15 is 0 Å². The minimum atomic E-state index is 0.0359. The Bertz CT molecular complexity index is 2650. The number of rotatable bonds is 8. The third kappa shape index (κ3) is 6.59. The molecule has 2 aliphatic heterocycles. The Morgan fingerprint density at radius 2 is 0.643 bits per heavy atom. The summed E-state index contributed by atoms with van der Waals surface area (Å²) in [5, 5.41) is 4.18. The van der Waals surface area contributed by atoms with Crippen LogP contribution in [-0.2, 0) is 0 Å². The number of hydrogen-bond donors (Lipinski definition) is 2. The van der Waals surface area contributed by atoms with Gasteiger partial charge in [-0.25, -0.2) is 9.97 Å². The number of benzene rings is 4. The summed E-state index contributed by atoms with van der Waals surface area (Å²) in [7, 11) is 0. The first-order valence-corrected chi connectivity index (χ1v) is 19.5. The molecule has 0 aliphatic carbocycles. The SMILES string of the molecule is CC(C)Oc1ccc2c(c1)-c1cc3[nH]c(cc4nc(cc5[nH]c(cc-2n1)c1cc(OC(C)C)ccc51)-c1cc(OC(C)C)ccc1-4)c1cc(OC(C)C)ccc31. The maximum atomic E-state index is 6.19. The van der Waals surface area contributed by atoms with Gasteiger partial charge in [0.15, 0.2) is 0 Å². The zero-order valence-corrected chi connectivity index (χ0v) is 33.1. The van der Waals surface area contributed by atoms with Crippen molar-refractivity contribution in [2.75, 3.05) is 0 Å². The highest BCUT2D eigenvalue weighted by molar-refractivity contribution is 6.11. The van der Waals surface area contributed by atoms with Crippen LogP contribution in [0.1, 0.15) is 55.4 Å². The van der Waals surface area contributed by atoms with Crippen molar-refractivity contribution in [1.29, 1.82) is 0 Å². The molecule has 0 atom stereocenters. The van der Waals surface area contributed by atoms with Crippen molar-refractivity contribution in [1.82, 2.24) is 19.9 Å². The molecule has 9 rings (SSSR count). The molecule has 56 heavy (non-hydrogen) atoms. The van der Waals surface area contributed by atoms with Crippen molar-refractivity contribution in [3.8, 4) is 68.0 Å². The van der Waals surface area contributed by atoms with E-state index in [-0.39, 0.29) is 24.4 Å². The summed E-state index contributed by atoms with van der Waals surface area (Å²) >= 11 is 0. The molecular formula is C48H46N4O4. The van der Waals surface area contributed by atoms with Crippen molar-refractivity contribution < 1.29 is 18.9 Å². The highest BCUT2D eigenvalue weighted by atomic mass is 16.5. The van der Waals surface area contributed by atoms with E-state index in [4.69, 9.17) is 28.9 Å². The van der Waals surface area contributed by atoms with Crippen LogP contribution in [0.4, 0.5) is 0 Å². The van der Waals surface area contributed by atoms with E-state index in [2.05, 4.69) is 82.8 Å². The first kappa shape index (κ1) is 35.4. The van der Waals surface area contributed by atoms with E-state index in [1.807, 2.05) is 79.7 Å². The Morgan fingerprint density at radius 3 is 1.00 bits per heavy atom. The van der Waals surface area contributed by atoms with Gasteiger partial charge in [-0.05, 0) is 152 Å². The molecule has 0 fully saturated rings. The lowest BCUT2D eigenvalue weighted by atomic mass is 10.0. The van der Waals surface area contributed by atoms with Crippen molar-refractivity contribution in [3.05, 3.63) is 97.1 Å². The maximum absolute atomic E-state index is 6.19. The second kappa shape index (κ2) is 13.8. The van der Waals surface area contributed by atoms with Gasteiger partial charge in [-0.15, -0.1) is 0 Å². The Labute approximate surface area is 326 Å². The molecule has 3 aromatic heterocycles.